The molecule has 0 saturated carbocycles. The summed E-state index contributed by atoms with van der Waals surface area (Å²) in [5.74, 6) is -3.77. The van der Waals surface area contributed by atoms with E-state index in [2.05, 4.69) is 0 Å². The van der Waals surface area contributed by atoms with E-state index in [9.17, 15) is 19.2 Å². The molecule has 0 unspecified atom stereocenters. The highest BCUT2D eigenvalue weighted by Gasteiger charge is 2.02. The Bertz CT molecular complexity index is 506. The van der Waals surface area contributed by atoms with Crippen molar-refractivity contribution < 1.29 is 39.6 Å². The lowest BCUT2D eigenvalue weighted by Crippen LogP contribution is -2.00. The van der Waals surface area contributed by atoms with Crippen molar-refractivity contribution in [3.63, 3.8) is 0 Å². The Labute approximate surface area is 153 Å². The van der Waals surface area contributed by atoms with Crippen molar-refractivity contribution in [3.8, 4) is 0 Å². The van der Waals surface area contributed by atoms with Crippen molar-refractivity contribution in [2.45, 2.75) is 67.2 Å². The van der Waals surface area contributed by atoms with Gasteiger partial charge < -0.3 is 20.4 Å². The van der Waals surface area contributed by atoms with Gasteiger partial charge in [0.25, 0.3) is 0 Å². The first-order valence-electron chi connectivity index (χ1n) is 8.04. The summed E-state index contributed by atoms with van der Waals surface area (Å²) in [5.41, 5.74) is 2.83. The summed E-state index contributed by atoms with van der Waals surface area (Å²) in [6, 6.07) is 0. The van der Waals surface area contributed by atoms with Gasteiger partial charge in [0.1, 0.15) is 0 Å². The zero-order chi connectivity index (χ0) is 21.4. The maximum atomic E-state index is 10.2. The fraction of sp³-hybridized carbons (Fsp3) is 0.556. The Morgan fingerprint density at radius 2 is 0.808 bits per heavy atom. The Kier molecular flexibility index (Phi) is 17.2. The second-order valence-corrected chi connectivity index (χ2v) is 5.42. The molecule has 0 atom stereocenters. The van der Waals surface area contributed by atoms with E-state index in [1.54, 1.807) is 13.8 Å². The van der Waals surface area contributed by atoms with Crippen LogP contribution in [0.4, 0.5) is 0 Å². The lowest BCUT2D eigenvalue weighted by molar-refractivity contribution is -0.143. The van der Waals surface area contributed by atoms with E-state index in [-0.39, 0.29) is 12.8 Å². The number of carbonyl (C=O) groups is 4. The van der Waals surface area contributed by atoms with Crippen LogP contribution in [0.15, 0.2) is 22.3 Å². The maximum absolute atomic E-state index is 10.2. The molecule has 0 spiro atoms. The topological polar surface area (TPSA) is 149 Å². The molecule has 0 heterocycles. The summed E-state index contributed by atoms with van der Waals surface area (Å²) in [5, 5.41) is 32.6. The van der Waals surface area contributed by atoms with Crippen LogP contribution in [0, 0.1) is 0 Å². The fourth-order valence-electron chi connectivity index (χ4n) is 1.11. The summed E-state index contributed by atoms with van der Waals surface area (Å²) >= 11 is 0. The first-order valence-corrected chi connectivity index (χ1v) is 8.04. The molecule has 0 fully saturated rings. The Morgan fingerprint density at radius 3 is 0.885 bits per heavy atom. The lowest BCUT2D eigenvalue weighted by atomic mass is 10.1. The SMILES string of the molecule is CCC(C)=C(C)C(=O)O.CCC(C)=C(C)C(=O)O.O=C(O)CCC(=O)O. The van der Waals surface area contributed by atoms with Crippen LogP contribution in [0.2, 0.25) is 0 Å². The third kappa shape index (κ3) is 17.7. The molecule has 0 aromatic carbocycles. The monoisotopic (exact) mass is 374 g/mol. The highest BCUT2D eigenvalue weighted by atomic mass is 16.4. The zero-order valence-electron chi connectivity index (χ0n) is 16.3. The molecule has 150 valence electrons. The van der Waals surface area contributed by atoms with Gasteiger partial charge in [-0.05, 0) is 40.5 Å². The third-order valence-corrected chi connectivity index (χ3v) is 3.54. The second-order valence-electron chi connectivity index (χ2n) is 5.42. The molecule has 0 aromatic heterocycles. The fourth-order valence-corrected chi connectivity index (χ4v) is 1.11. The molecule has 8 nitrogen and oxygen atoms in total. The molecule has 26 heavy (non-hydrogen) atoms. The van der Waals surface area contributed by atoms with Crippen LogP contribution in [-0.2, 0) is 19.2 Å². The van der Waals surface area contributed by atoms with Crippen molar-refractivity contribution in [1.82, 2.24) is 0 Å². The van der Waals surface area contributed by atoms with Crippen molar-refractivity contribution >= 4 is 23.9 Å². The molecule has 0 aromatic rings. The zero-order valence-corrected chi connectivity index (χ0v) is 16.3. The van der Waals surface area contributed by atoms with Gasteiger partial charge in [0.15, 0.2) is 0 Å². The van der Waals surface area contributed by atoms with E-state index >= 15 is 0 Å². The Hall–Kier alpha value is -2.64. The van der Waals surface area contributed by atoms with Gasteiger partial charge in [0.2, 0.25) is 0 Å². The number of hydrogen-bond acceptors (Lipinski definition) is 4. The van der Waals surface area contributed by atoms with Gasteiger partial charge in [-0.3, -0.25) is 9.59 Å². The summed E-state index contributed by atoms with van der Waals surface area (Å²) in [6.07, 6.45) is 1.04. The maximum Gasteiger partial charge on any atom is 0.331 e. The molecule has 4 N–H and O–H groups in total. The van der Waals surface area contributed by atoms with Crippen LogP contribution in [0.5, 0.6) is 0 Å². The molecular weight excluding hydrogens is 344 g/mol. The number of carboxylic acids is 4. The third-order valence-electron chi connectivity index (χ3n) is 3.54. The first-order chi connectivity index (χ1) is 11.8. The lowest BCUT2D eigenvalue weighted by Gasteiger charge is -1.97. The molecule has 0 aliphatic carbocycles. The van der Waals surface area contributed by atoms with E-state index in [1.807, 2.05) is 27.7 Å². The van der Waals surface area contributed by atoms with Gasteiger partial charge in [-0.2, -0.15) is 0 Å². The van der Waals surface area contributed by atoms with Crippen LogP contribution >= 0.6 is 0 Å². The summed E-state index contributed by atoms with van der Waals surface area (Å²) < 4.78 is 0. The van der Waals surface area contributed by atoms with Gasteiger partial charge in [0, 0.05) is 11.1 Å². The number of carboxylic acid groups (broad SMARTS) is 4. The van der Waals surface area contributed by atoms with Crippen LogP contribution in [0.25, 0.3) is 0 Å². The van der Waals surface area contributed by atoms with Crippen molar-refractivity contribution in [3.05, 3.63) is 22.3 Å². The quantitative estimate of drug-likeness (QED) is 0.494. The molecule has 0 rings (SSSR count). The molecule has 0 saturated heterocycles. The van der Waals surface area contributed by atoms with Crippen molar-refractivity contribution in [2.75, 3.05) is 0 Å². The van der Waals surface area contributed by atoms with Gasteiger partial charge >= 0.3 is 23.9 Å². The summed E-state index contributed by atoms with van der Waals surface area (Å²) in [6.45, 7) is 10.8. The molecule has 0 bridgehead atoms. The highest BCUT2D eigenvalue weighted by Crippen LogP contribution is 2.06. The minimum atomic E-state index is -1.08. The molecule has 0 aliphatic heterocycles. The van der Waals surface area contributed by atoms with Gasteiger partial charge in [-0.25, -0.2) is 9.59 Å². The van der Waals surface area contributed by atoms with Crippen LogP contribution in [-0.4, -0.2) is 44.3 Å². The smallest absolute Gasteiger partial charge is 0.331 e. The van der Waals surface area contributed by atoms with E-state index in [1.165, 1.54) is 0 Å². The van der Waals surface area contributed by atoms with Gasteiger partial charge in [0.05, 0.1) is 12.8 Å². The molecule has 0 aliphatic rings. The second kappa shape index (κ2) is 15.9. The number of allylic oxidation sites excluding steroid dienone is 2. The highest BCUT2D eigenvalue weighted by molar-refractivity contribution is 5.87. The van der Waals surface area contributed by atoms with Crippen LogP contribution in [0.1, 0.15) is 67.2 Å². The van der Waals surface area contributed by atoms with Crippen LogP contribution in [0.3, 0.4) is 0 Å². The van der Waals surface area contributed by atoms with Gasteiger partial charge in [-0.15, -0.1) is 0 Å². The van der Waals surface area contributed by atoms with Gasteiger partial charge in [-0.1, -0.05) is 25.0 Å². The van der Waals surface area contributed by atoms with E-state index < -0.39 is 23.9 Å². The number of aliphatic carboxylic acids is 4. The molecular formula is C18H30O8. The summed E-state index contributed by atoms with van der Waals surface area (Å²) in [4.78, 5) is 39.8. The minimum Gasteiger partial charge on any atom is -0.481 e. The minimum absolute atomic E-state index is 0.296. The van der Waals surface area contributed by atoms with E-state index in [0.717, 1.165) is 24.0 Å². The molecule has 0 amide bonds. The average Bonchev–Trinajstić information content (AvgIpc) is 2.57. The molecule has 8 heteroatoms. The normalized spacial score (nSPS) is 11.5. The molecule has 0 radical (unpaired) electrons. The van der Waals surface area contributed by atoms with Crippen molar-refractivity contribution in [1.29, 1.82) is 0 Å². The largest absolute Gasteiger partial charge is 0.481 e. The summed E-state index contributed by atoms with van der Waals surface area (Å²) in [7, 11) is 0. The predicted octanol–water partition coefficient (Wildman–Crippen LogP) is 3.57. The average molecular weight is 374 g/mol. The number of hydrogen-bond donors (Lipinski definition) is 4. The predicted molar refractivity (Wildman–Crippen MR) is 97.1 cm³/mol. The standard InChI is InChI=1S/2C7H12O2.C4H6O4/c2*1-4-5(2)6(3)7(8)9;5-3(6)1-2-4(7)8/h2*4H2,1-3H3,(H,8,9);1-2H2,(H,5,6)(H,7,8). The van der Waals surface area contributed by atoms with Crippen LogP contribution < -0.4 is 0 Å². The number of rotatable bonds is 7. The first kappa shape index (κ1) is 28.2. The Morgan fingerprint density at radius 1 is 0.577 bits per heavy atom. The van der Waals surface area contributed by atoms with E-state index in [4.69, 9.17) is 20.4 Å². The van der Waals surface area contributed by atoms with E-state index in [0.29, 0.717) is 11.1 Å². The van der Waals surface area contributed by atoms with Crippen molar-refractivity contribution in [2.24, 2.45) is 0 Å². The Balaban J connectivity index is -0.000000306.